The summed E-state index contributed by atoms with van der Waals surface area (Å²) in [5.74, 6) is 2.65. The van der Waals surface area contributed by atoms with Crippen LogP contribution in [0.3, 0.4) is 0 Å². The summed E-state index contributed by atoms with van der Waals surface area (Å²) in [7, 11) is 0. The first kappa shape index (κ1) is 18.8. The summed E-state index contributed by atoms with van der Waals surface area (Å²) >= 11 is 0. The van der Waals surface area contributed by atoms with Gasteiger partial charge in [0.25, 0.3) is 0 Å². The number of amides is 1. The smallest absolute Gasteiger partial charge is 0.228 e. The minimum absolute atomic E-state index is 0.0117. The Bertz CT molecular complexity index is 821. The fourth-order valence-electron chi connectivity index (χ4n) is 3.91. The average molecular weight is 381 g/mol. The first-order chi connectivity index (χ1) is 13.6. The molecule has 1 aromatic heterocycles. The van der Waals surface area contributed by atoms with Crippen molar-refractivity contribution in [3.8, 4) is 11.6 Å². The van der Waals surface area contributed by atoms with Gasteiger partial charge in [-0.3, -0.25) is 15.6 Å². The van der Waals surface area contributed by atoms with Crippen LogP contribution < -0.4 is 15.6 Å². The summed E-state index contributed by atoms with van der Waals surface area (Å²) < 4.78 is 5.90. The van der Waals surface area contributed by atoms with Gasteiger partial charge in [0, 0.05) is 43.4 Å². The molecule has 7 nitrogen and oxygen atoms in total. The van der Waals surface area contributed by atoms with Crippen molar-refractivity contribution in [3.63, 3.8) is 0 Å². The molecule has 0 aliphatic carbocycles. The second-order valence-electron chi connectivity index (χ2n) is 7.64. The van der Waals surface area contributed by atoms with Gasteiger partial charge in [-0.1, -0.05) is 18.2 Å². The van der Waals surface area contributed by atoms with Crippen LogP contribution in [0.1, 0.15) is 37.2 Å². The van der Waals surface area contributed by atoms with Crippen LogP contribution in [0.4, 0.5) is 0 Å². The first-order valence-corrected chi connectivity index (χ1v) is 9.96. The molecule has 0 spiro atoms. The Morgan fingerprint density at radius 3 is 2.61 bits per heavy atom. The molecule has 4 rings (SSSR count). The second-order valence-corrected chi connectivity index (χ2v) is 7.64. The third-order valence-corrected chi connectivity index (χ3v) is 5.56. The lowest BCUT2D eigenvalue weighted by Crippen LogP contribution is -2.44. The molecular formula is C21H27N5O2. The minimum Gasteiger partial charge on any atom is -0.439 e. The number of likely N-dealkylation sites (tertiary alicyclic amines) is 1. The van der Waals surface area contributed by atoms with Gasteiger partial charge in [0.15, 0.2) is 0 Å². The van der Waals surface area contributed by atoms with E-state index < -0.39 is 0 Å². The number of rotatable bonds is 4. The molecule has 1 amide bonds. The maximum atomic E-state index is 12.8. The molecule has 2 fully saturated rings. The van der Waals surface area contributed by atoms with Gasteiger partial charge < -0.3 is 9.64 Å². The number of nitrogens with one attached hydrogen (secondary N) is 2. The van der Waals surface area contributed by atoms with Crippen molar-refractivity contribution < 1.29 is 9.53 Å². The van der Waals surface area contributed by atoms with Crippen molar-refractivity contribution in [1.82, 2.24) is 25.7 Å². The van der Waals surface area contributed by atoms with E-state index in [0.29, 0.717) is 12.4 Å². The van der Waals surface area contributed by atoms with Gasteiger partial charge in [0.1, 0.15) is 11.6 Å². The Balaban J connectivity index is 1.41. The Kier molecular flexibility index (Phi) is 5.54. The fourth-order valence-corrected chi connectivity index (χ4v) is 3.91. The van der Waals surface area contributed by atoms with E-state index in [1.165, 1.54) is 0 Å². The zero-order chi connectivity index (χ0) is 19.5. The molecule has 28 heavy (non-hydrogen) atoms. The number of para-hydroxylation sites is 1. The van der Waals surface area contributed by atoms with Gasteiger partial charge in [-0.25, -0.2) is 4.98 Å². The summed E-state index contributed by atoms with van der Waals surface area (Å²) in [5.41, 5.74) is 7.10. The normalized spacial score (nSPS) is 23.0. The van der Waals surface area contributed by atoms with E-state index in [0.717, 1.165) is 43.2 Å². The number of aryl methyl sites for hydroxylation is 1. The van der Waals surface area contributed by atoms with E-state index in [1.54, 1.807) is 0 Å². The SMILES string of the molecule is Cc1cc(Oc2ccccc2)nc(C2CCN(C(=O)C3CNNC3C)CC2)n1. The molecule has 0 saturated carbocycles. The highest BCUT2D eigenvalue weighted by atomic mass is 16.5. The van der Waals surface area contributed by atoms with Gasteiger partial charge in [-0.2, -0.15) is 4.98 Å². The highest BCUT2D eigenvalue weighted by molar-refractivity contribution is 5.80. The Hall–Kier alpha value is -2.51. The topological polar surface area (TPSA) is 79.4 Å². The van der Waals surface area contributed by atoms with Crippen LogP contribution in [-0.2, 0) is 4.79 Å². The summed E-state index contributed by atoms with van der Waals surface area (Å²) in [6.07, 6.45) is 1.75. The number of piperidine rings is 1. The van der Waals surface area contributed by atoms with Crippen LogP contribution in [0, 0.1) is 12.8 Å². The van der Waals surface area contributed by atoms with E-state index in [-0.39, 0.29) is 23.8 Å². The highest BCUT2D eigenvalue weighted by Crippen LogP contribution is 2.29. The number of carbonyl (C=O) groups is 1. The van der Waals surface area contributed by atoms with E-state index in [2.05, 4.69) is 20.8 Å². The predicted molar refractivity (Wildman–Crippen MR) is 106 cm³/mol. The van der Waals surface area contributed by atoms with Crippen LogP contribution in [0.2, 0.25) is 0 Å². The number of carbonyl (C=O) groups excluding carboxylic acids is 1. The number of hydrogen-bond acceptors (Lipinski definition) is 6. The summed E-state index contributed by atoms with van der Waals surface area (Å²) in [5, 5.41) is 0. The number of benzene rings is 1. The molecule has 7 heteroatoms. The number of hydrogen-bond donors (Lipinski definition) is 2. The van der Waals surface area contributed by atoms with E-state index in [9.17, 15) is 4.79 Å². The number of aromatic nitrogens is 2. The molecule has 2 aliphatic heterocycles. The molecule has 3 heterocycles. The van der Waals surface area contributed by atoms with Crippen molar-refractivity contribution in [2.75, 3.05) is 19.6 Å². The van der Waals surface area contributed by atoms with Gasteiger partial charge in [-0.05, 0) is 38.8 Å². The maximum absolute atomic E-state index is 12.8. The van der Waals surface area contributed by atoms with E-state index >= 15 is 0 Å². The van der Waals surface area contributed by atoms with Gasteiger partial charge in [0.2, 0.25) is 11.8 Å². The lowest BCUT2D eigenvalue weighted by atomic mass is 9.93. The van der Waals surface area contributed by atoms with Crippen LogP contribution in [0.15, 0.2) is 36.4 Å². The molecule has 2 aliphatic rings. The van der Waals surface area contributed by atoms with E-state index in [1.807, 2.05) is 55.1 Å². The molecule has 148 valence electrons. The lowest BCUT2D eigenvalue weighted by Gasteiger charge is -2.33. The number of ether oxygens (including phenoxy) is 1. The molecule has 1 aromatic carbocycles. The molecule has 2 N–H and O–H groups in total. The molecule has 2 aromatic rings. The molecule has 2 unspecified atom stereocenters. The Morgan fingerprint density at radius 2 is 1.93 bits per heavy atom. The number of hydrazine groups is 1. The largest absolute Gasteiger partial charge is 0.439 e. The summed E-state index contributed by atoms with van der Waals surface area (Å²) in [6.45, 7) is 6.20. The van der Waals surface area contributed by atoms with Gasteiger partial charge in [-0.15, -0.1) is 0 Å². The zero-order valence-corrected chi connectivity index (χ0v) is 16.4. The minimum atomic E-state index is 0.0117. The number of nitrogens with zero attached hydrogens (tertiary/aromatic N) is 3. The van der Waals surface area contributed by atoms with Crippen molar-refractivity contribution in [1.29, 1.82) is 0 Å². The van der Waals surface area contributed by atoms with Crippen LogP contribution in [-0.4, -0.2) is 46.5 Å². The first-order valence-electron chi connectivity index (χ1n) is 9.96. The van der Waals surface area contributed by atoms with Crippen molar-refractivity contribution in [2.24, 2.45) is 5.92 Å². The molecule has 0 radical (unpaired) electrons. The Labute approximate surface area is 165 Å². The Morgan fingerprint density at radius 1 is 1.18 bits per heavy atom. The summed E-state index contributed by atoms with van der Waals surface area (Å²) in [4.78, 5) is 24.0. The molecule has 0 bridgehead atoms. The van der Waals surface area contributed by atoms with Crippen LogP contribution in [0.5, 0.6) is 11.6 Å². The molecule has 2 saturated heterocycles. The fraction of sp³-hybridized carbons (Fsp3) is 0.476. The third-order valence-electron chi connectivity index (χ3n) is 5.56. The quantitative estimate of drug-likeness (QED) is 0.847. The van der Waals surface area contributed by atoms with E-state index in [4.69, 9.17) is 4.74 Å². The average Bonchev–Trinajstić information content (AvgIpc) is 3.14. The third kappa shape index (κ3) is 4.15. The van der Waals surface area contributed by atoms with Crippen molar-refractivity contribution >= 4 is 5.91 Å². The second kappa shape index (κ2) is 8.24. The molecular weight excluding hydrogens is 354 g/mol. The van der Waals surface area contributed by atoms with Gasteiger partial charge >= 0.3 is 0 Å². The highest BCUT2D eigenvalue weighted by Gasteiger charge is 2.35. The van der Waals surface area contributed by atoms with Crippen molar-refractivity contribution in [3.05, 3.63) is 47.9 Å². The van der Waals surface area contributed by atoms with Crippen molar-refractivity contribution in [2.45, 2.75) is 38.6 Å². The standard InChI is InChI=1S/C21H27N5O2/c1-14-12-19(28-17-6-4-3-5-7-17)24-20(23-14)16-8-10-26(11-9-16)21(27)18-13-22-25-15(18)2/h3-7,12,15-16,18,22,25H,8-11,13H2,1-2H3. The van der Waals surface area contributed by atoms with Crippen LogP contribution in [0.25, 0.3) is 0 Å². The lowest BCUT2D eigenvalue weighted by molar-refractivity contribution is -0.136. The maximum Gasteiger partial charge on any atom is 0.228 e. The summed E-state index contributed by atoms with van der Waals surface area (Å²) in [6, 6.07) is 11.7. The predicted octanol–water partition coefficient (Wildman–Crippen LogP) is 2.40. The van der Waals surface area contributed by atoms with Crippen LogP contribution >= 0.6 is 0 Å². The van der Waals surface area contributed by atoms with Gasteiger partial charge in [0.05, 0.1) is 5.92 Å². The molecule has 2 atom stereocenters. The monoisotopic (exact) mass is 381 g/mol. The zero-order valence-electron chi connectivity index (χ0n) is 16.4.